The quantitative estimate of drug-likeness (QED) is 0.534. The smallest absolute Gasteiger partial charge is 0.328 e. The number of aliphatic carboxylic acids is 1. The van der Waals surface area contributed by atoms with Crippen molar-refractivity contribution in [1.29, 1.82) is 0 Å². The van der Waals surface area contributed by atoms with Gasteiger partial charge in [0, 0.05) is 49.4 Å². The number of pyridine rings is 1. The first-order valence-electron chi connectivity index (χ1n) is 6.86. The summed E-state index contributed by atoms with van der Waals surface area (Å²) in [6, 6.07) is 1.56. The van der Waals surface area contributed by atoms with Crippen LogP contribution in [0, 0.1) is 0 Å². The van der Waals surface area contributed by atoms with Gasteiger partial charge in [0.15, 0.2) is 0 Å². The molecule has 0 aliphatic carbocycles. The van der Waals surface area contributed by atoms with E-state index in [2.05, 4.69) is 10.3 Å². The van der Waals surface area contributed by atoms with Gasteiger partial charge in [-0.25, -0.2) is 4.79 Å². The summed E-state index contributed by atoms with van der Waals surface area (Å²) < 4.78 is 5.32. The van der Waals surface area contributed by atoms with E-state index >= 15 is 0 Å². The summed E-state index contributed by atoms with van der Waals surface area (Å²) in [5.41, 5.74) is 0.872. The molecule has 21 heavy (non-hydrogen) atoms. The molecule has 1 amide bonds. The Morgan fingerprint density at radius 3 is 2.95 bits per heavy atom. The SMILES string of the molecule is CCCOCCCNC(=O)c1ccncc1/C=C/C(=O)O. The normalized spacial score (nSPS) is 10.7. The number of nitrogens with zero attached hydrogens (tertiary/aromatic N) is 1. The van der Waals surface area contributed by atoms with Crippen LogP contribution >= 0.6 is 0 Å². The van der Waals surface area contributed by atoms with Crippen LogP contribution in [0.3, 0.4) is 0 Å². The molecule has 6 nitrogen and oxygen atoms in total. The summed E-state index contributed by atoms with van der Waals surface area (Å²) in [5.74, 6) is -1.32. The van der Waals surface area contributed by atoms with Gasteiger partial charge in [0.2, 0.25) is 0 Å². The third-order valence-corrected chi connectivity index (χ3v) is 2.60. The zero-order valence-corrected chi connectivity index (χ0v) is 12.0. The van der Waals surface area contributed by atoms with E-state index in [-0.39, 0.29) is 5.91 Å². The molecule has 0 radical (unpaired) electrons. The minimum absolute atomic E-state index is 0.252. The number of carboxylic acid groups (broad SMARTS) is 1. The van der Waals surface area contributed by atoms with Crippen molar-refractivity contribution in [2.24, 2.45) is 0 Å². The Kier molecular flexibility index (Phi) is 7.74. The molecule has 1 aromatic rings. The largest absolute Gasteiger partial charge is 0.478 e. The van der Waals surface area contributed by atoms with Crippen LogP contribution in [0.2, 0.25) is 0 Å². The first kappa shape index (κ1) is 16.8. The van der Waals surface area contributed by atoms with Crippen molar-refractivity contribution in [3.8, 4) is 0 Å². The van der Waals surface area contributed by atoms with E-state index in [0.717, 1.165) is 25.5 Å². The molecule has 0 aromatic carbocycles. The van der Waals surface area contributed by atoms with Crippen molar-refractivity contribution in [1.82, 2.24) is 10.3 Å². The molecule has 0 saturated heterocycles. The number of carboxylic acids is 1. The number of aromatic nitrogens is 1. The molecule has 0 aliphatic rings. The number of rotatable bonds is 9. The summed E-state index contributed by atoms with van der Waals surface area (Å²) in [6.45, 7) is 3.88. The molecule has 1 rings (SSSR count). The second-order valence-electron chi connectivity index (χ2n) is 4.36. The lowest BCUT2D eigenvalue weighted by Crippen LogP contribution is -2.26. The highest BCUT2D eigenvalue weighted by atomic mass is 16.5. The van der Waals surface area contributed by atoms with E-state index in [1.807, 2.05) is 6.92 Å². The molecular formula is C15H20N2O4. The van der Waals surface area contributed by atoms with Crippen LogP contribution in [0.5, 0.6) is 0 Å². The second-order valence-corrected chi connectivity index (χ2v) is 4.36. The number of hydrogen-bond donors (Lipinski definition) is 2. The van der Waals surface area contributed by atoms with Gasteiger partial charge in [0.05, 0.1) is 0 Å². The number of carbonyl (C=O) groups excluding carboxylic acids is 1. The minimum atomic E-state index is -1.07. The maximum absolute atomic E-state index is 12.0. The predicted molar refractivity (Wildman–Crippen MR) is 79.0 cm³/mol. The van der Waals surface area contributed by atoms with Gasteiger partial charge in [0.25, 0.3) is 5.91 Å². The monoisotopic (exact) mass is 292 g/mol. The van der Waals surface area contributed by atoms with E-state index in [1.54, 1.807) is 6.07 Å². The average Bonchev–Trinajstić information content (AvgIpc) is 2.48. The van der Waals surface area contributed by atoms with E-state index < -0.39 is 5.97 Å². The van der Waals surface area contributed by atoms with Crippen molar-refractivity contribution in [3.05, 3.63) is 35.7 Å². The fourth-order valence-corrected chi connectivity index (χ4v) is 1.63. The summed E-state index contributed by atoms with van der Waals surface area (Å²) >= 11 is 0. The number of hydrogen-bond acceptors (Lipinski definition) is 4. The van der Waals surface area contributed by atoms with Crippen molar-refractivity contribution in [2.45, 2.75) is 19.8 Å². The second kappa shape index (κ2) is 9.66. The van der Waals surface area contributed by atoms with Crippen LogP contribution in [0.1, 0.15) is 35.7 Å². The van der Waals surface area contributed by atoms with Crippen LogP contribution in [-0.2, 0) is 9.53 Å². The fraction of sp³-hybridized carbons (Fsp3) is 0.400. The van der Waals surface area contributed by atoms with Gasteiger partial charge in [-0.3, -0.25) is 9.78 Å². The first-order valence-corrected chi connectivity index (χ1v) is 6.86. The Morgan fingerprint density at radius 1 is 1.43 bits per heavy atom. The highest BCUT2D eigenvalue weighted by Gasteiger charge is 2.09. The van der Waals surface area contributed by atoms with Crippen molar-refractivity contribution in [2.75, 3.05) is 19.8 Å². The first-order chi connectivity index (χ1) is 10.1. The summed E-state index contributed by atoms with van der Waals surface area (Å²) in [5, 5.41) is 11.4. The number of nitrogens with one attached hydrogen (secondary N) is 1. The van der Waals surface area contributed by atoms with Crippen LogP contribution in [0.4, 0.5) is 0 Å². The molecule has 2 N–H and O–H groups in total. The standard InChI is InChI=1S/C15H20N2O4/c1-2-9-21-10-3-7-17-15(20)13-6-8-16-11-12(13)4-5-14(18)19/h4-6,8,11H,2-3,7,9-10H2,1H3,(H,17,20)(H,18,19)/b5-4+. The minimum Gasteiger partial charge on any atom is -0.478 e. The molecule has 6 heteroatoms. The predicted octanol–water partition coefficient (Wildman–Crippen LogP) is 1.73. The third-order valence-electron chi connectivity index (χ3n) is 2.60. The number of ether oxygens (including phenoxy) is 1. The average molecular weight is 292 g/mol. The summed E-state index contributed by atoms with van der Waals surface area (Å²) in [6.07, 6.45) is 7.00. The lowest BCUT2D eigenvalue weighted by Gasteiger charge is -2.07. The van der Waals surface area contributed by atoms with E-state index in [0.29, 0.717) is 24.3 Å². The van der Waals surface area contributed by atoms with Crippen molar-refractivity contribution in [3.63, 3.8) is 0 Å². The maximum Gasteiger partial charge on any atom is 0.328 e. The molecule has 0 fully saturated rings. The molecule has 0 atom stereocenters. The Balaban J connectivity index is 2.52. The topological polar surface area (TPSA) is 88.5 Å². The number of carbonyl (C=O) groups is 2. The summed E-state index contributed by atoms with van der Waals surface area (Å²) in [4.78, 5) is 26.5. The molecule has 0 aliphatic heterocycles. The van der Waals surface area contributed by atoms with Crippen molar-refractivity contribution >= 4 is 18.0 Å². The van der Waals surface area contributed by atoms with Crippen molar-refractivity contribution < 1.29 is 19.4 Å². The summed E-state index contributed by atoms with van der Waals surface area (Å²) in [7, 11) is 0. The fourth-order valence-electron chi connectivity index (χ4n) is 1.63. The highest BCUT2D eigenvalue weighted by Crippen LogP contribution is 2.09. The Hall–Kier alpha value is -2.21. The molecule has 1 heterocycles. The van der Waals surface area contributed by atoms with E-state index in [1.165, 1.54) is 18.5 Å². The molecule has 0 unspecified atom stereocenters. The molecular weight excluding hydrogens is 272 g/mol. The van der Waals surface area contributed by atoms with Crippen LogP contribution in [0.25, 0.3) is 6.08 Å². The Bertz CT molecular complexity index is 500. The number of amides is 1. The lowest BCUT2D eigenvalue weighted by molar-refractivity contribution is -0.131. The van der Waals surface area contributed by atoms with E-state index in [4.69, 9.17) is 9.84 Å². The van der Waals surface area contributed by atoms with Crippen LogP contribution in [0.15, 0.2) is 24.5 Å². The highest BCUT2D eigenvalue weighted by molar-refractivity contribution is 5.98. The van der Waals surface area contributed by atoms with E-state index in [9.17, 15) is 9.59 Å². The van der Waals surface area contributed by atoms with Gasteiger partial charge >= 0.3 is 5.97 Å². The van der Waals surface area contributed by atoms with Gasteiger partial charge < -0.3 is 15.2 Å². The molecule has 0 saturated carbocycles. The molecule has 114 valence electrons. The van der Waals surface area contributed by atoms with Gasteiger partial charge in [-0.1, -0.05) is 6.92 Å². The van der Waals surface area contributed by atoms with Gasteiger partial charge in [-0.05, 0) is 25.0 Å². The Labute approximate surface area is 123 Å². The zero-order valence-electron chi connectivity index (χ0n) is 12.0. The lowest BCUT2D eigenvalue weighted by atomic mass is 10.1. The molecule has 0 bridgehead atoms. The van der Waals surface area contributed by atoms with Gasteiger partial charge in [-0.2, -0.15) is 0 Å². The maximum atomic E-state index is 12.0. The third kappa shape index (κ3) is 6.67. The zero-order chi connectivity index (χ0) is 15.5. The Morgan fingerprint density at radius 2 is 2.24 bits per heavy atom. The molecule has 1 aromatic heterocycles. The van der Waals surface area contributed by atoms with Crippen LogP contribution in [-0.4, -0.2) is 41.7 Å². The van der Waals surface area contributed by atoms with Gasteiger partial charge in [-0.15, -0.1) is 0 Å². The molecule has 0 spiro atoms. The van der Waals surface area contributed by atoms with Crippen LogP contribution < -0.4 is 5.32 Å². The van der Waals surface area contributed by atoms with Gasteiger partial charge in [0.1, 0.15) is 0 Å².